The Bertz CT molecular complexity index is 2800. The first-order valence-electron chi connectivity index (χ1n) is 14.9. The van der Waals surface area contributed by atoms with Crippen LogP contribution in [0.4, 0.5) is 105 Å². The Morgan fingerprint density at radius 1 is 0.230 bits per heavy atom. The van der Waals surface area contributed by atoms with Gasteiger partial charge in [0, 0.05) is 10.4 Å². The highest BCUT2D eigenvalue weighted by molar-refractivity contribution is 7.92. The van der Waals surface area contributed by atoms with E-state index >= 15 is 0 Å². The summed E-state index contributed by atoms with van der Waals surface area (Å²) in [6.45, 7) is 0. The van der Waals surface area contributed by atoms with Crippen LogP contribution in [0, 0.1) is 0 Å². The minimum atomic E-state index is -8.67. The first-order valence-corrected chi connectivity index (χ1v) is 32.2. The average molecular weight is 1380 g/mol. The zero-order valence-electron chi connectivity index (χ0n) is 31.6. The van der Waals surface area contributed by atoms with Gasteiger partial charge in [0.05, 0.1) is 0 Å². The van der Waals surface area contributed by atoms with Gasteiger partial charge in [0.25, 0.3) is 0 Å². The molecule has 0 N–H and O–H groups in total. The van der Waals surface area contributed by atoms with Gasteiger partial charge < -0.3 is 0 Å². The fourth-order valence-electron chi connectivity index (χ4n) is 3.43. The van der Waals surface area contributed by atoms with Gasteiger partial charge in [-0.2, -0.15) is 173 Å². The number of halogens is 24. The molecular weight excluding hydrogens is 1380 g/mol. The Labute approximate surface area is 397 Å². The third-order valence-corrected chi connectivity index (χ3v) is 29.8. The summed E-state index contributed by atoms with van der Waals surface area (Å²) >= 11 is 0. The van der Waals surface area contributed by atoms with E-state index in [-0.39, 0.29) is 0 Å². The standard InChI is InChI=1S/C14H6F24O24S8Si4/c15-7(16,17)63(39,40)55-71(56-64(41,42)8(18,19)20)3-1-2-4(72(57-65(43,44)9(21,22)23)58-66(45,46)10(24,25)26)6(74(61-69(51,52)13(33,34)35)62-70(53,54)14(36,37)38)5(3)73(59-67(47,48)11(27,28)29)60-68(49,50)12(30,31)32/h1-2,71-74H. The van der Waals surface area contributed by atoms with Crippen LogP contribution in [0.2, 0.25) is 0 Å². The van der Waals surface area contributed by atoms with E-state index in [9.17, 15) is 173 Å². The van der Waals surface area contributed by atoms with Crippen molar-refractivity contribution >= 4 is 139 Å². The molecule has 0 spiro atoms. The minimum Gasteiger partial charge on any atom is -0.275 e. The monoisotopic (exact) mass is 1380 g/mol. The van der Waals surface area contributed by atoms with Gasteiger partial charge >= 0.3 is 162 Å². The molecule has 0 heterocycles. The van der Waals surface area contributed by atoms with Crippen LogP contribution >= 0.6 is 0 Å². The van der Waals surface area contributed by atoms with Crippen molar-refractivity contribution in [3.8, 4) is 0 Å². The molecule has 24 nitrogen and oxygen atoms in total. The first kappa shape index (κ1) is 69.7. The summed E-state index contributed by atoms with van der Waals surface area (Å²) in [6, 6.07) is -3.21. The second kappa shape index (κ2) is 21.1. The molecule has 74 heavy (non-hydrogen) atoms. The summed E-state index contributed by atoms with van der Waals surface area (Å²) < 4.78 is 544. The average Bonchev–Trinajstić information content (AvgIpc) is 3.08. The fraction of sp³-hybridized carbons (Fsp3) is 0.571. The Kier molecular flexibility index (Phi) is 19.8. The van der Waals surface area contributed by atoms with E-state index in [0.717, 1.165) is 0 Å². The normalized spacial score (nSPS) is 15.7. The van der Waals surface area contributed by atoms with E-state index in [4.69, 9.17) is 0 Å². The predicted octanol–water partition coefficient (Wildman–Crippen LogP) is -1.67. The largest absolute Gasteiger partial charge is 0.522 e. The lowest BCUT2D eigenvalue weighted by Crippen LogP contribution is -2.71. The van der Waals surface area contributed by atoms with Crippen molar-refractivity contribution in [3.05, 3.63) is 12.1 Å². The molecule has 0 saturated heterocycles. The molecule has 0 aliphatic carbocycles. The maximum Gasteiger partial charge on any atom is 0.522 e. The maximum absolute atomic E-state index is 13.7. The Hall–Kier alpha value is -2.31. The molecule has 0 radical (unpaired) electrons. The van der Waals surface area contributed by atoms with Gasteiger partial charge in [0.15, 0.2) is 0 Å². The number of benzene rings is 1. The van der Waals surface area contributed by atoms with Gasteiger partial charge in [-0.25, -0.2) is 0 Å². The van der Waals surface area contributed by atoms with E-state index in [1.807, 2.05) is 0 Å². The van der Waals surface area contributed by atoms with Crippen molar-refractivity contribution in [2.24, 2.45) is 0 Å². The zero-order chi connectivity index (χ0) is 59.7. The third-order valence-electron chi connectivity index (χ3n) is 6.31. The quantitative estimate of drug-likeness (QED) is 0.0800. The van der Waals surface area contributed by atoms with Crippen LogP contribution in [0.15, 0.2) is 12.1 Å². The lowest BCUT2D eigenvalue weighted by molar-refractivity contribution is -0.0533. The van der Waals surface area contributed by atoms with Gasteiger partial charge in [-0.1, -0.05) is 12.1 Å². The summed E-state index contributed by atoms with van der Waals surface area (Å²) in [6.07, 6.45) is 0. The van der Waals surface area contributed by atoms with Gasteiger partial charge in [0.1, 0.15) is 0 Å². The Morgan fingerprint density at radius 2 is 0.338 bits per heavy atom. The van der Waals surface area contributed by atoms with Crippen molar-refractivity contribution in [2.75, 3.05) is 0 Å². The molecular formula is C14H6F24O24S8Si4. The molecule has 0 aliphatic rings. The van der Waals surface area contributed by atoms with E-state index in [1.165, 1.54) is 0 Å². The van der Waals surface area contributed by atoms with E-state index < -0.39 is 195 Å². The van der Waals surface area contributed by atoms with Gasteiger partial charge in [-0.05, 0) is 10.4 Å². The van der Waals surface area contributed by atoms with Crippen LogP contribution in [0.25, 0.3) is 0 Å². The van der Waals surface area contributed by atoms with Crippen LogP contribution in [0.1, 0.15) is 0 Å². The van der Waals surface area contributed by atoms with Crippen molar-refractivity contribution < 1.29 is 204 Å². The molecule has 0 unspecified atom stereocenters. The minimum absolute atomic E-state index is 1.61. The molecule has 0 bridgehead atoms. The maximum atomic E-state index is 13.7. The van der Waals surface area contributed by atoms with Gasteiger partial charge in [-0.15, -0.1) is 0 Å². The fourth-order valence-corrected chi connectivity index (χ4v) is 24.8. The van der Waals surface area contributed by atoms with Crippen LogP contribution < -0.4 is 20.7 Å². The lowest BCUT2D eigenvalue weighted by Gasteiger charge is -2.30. The smallest absolute Gasteiger partial charge is 0.275 e. The lowest BCUT2D eigenvalue weighted by atomic mass is 10.3. The zero-order valence-corrected chi connectivity index (χ0v) is 42.7. The molecule has 0 fully saturated rings. The molecule has 0 aromatic heterocycles. The summed E-state index contributed by atoms with van der Waals surface area (Å²) in [5.41, 5.74) is -60.7. The topological polar surface area (TPSA) is 347 Å². The van der Waals surface area contributed by atoms with Crippen molar-refractivity contribution in [3.63, 3.8) is 0 Å². The van der Waals surface area contributed by atoms with Crippen molar-refractivity contribution in [1.82, 2.24) is 0 Å². The molecule has 438 valence electrons. The Balaban J connectivity index is 5.92. The molecule has 1 aromatic carbocycles. The van der Waals surface area contributed by atoms with Gasteiger partial charge in [-0.3, -0.25) is 31.0 Å². The van der Waals surface area contributed by atoms with Crippen molar-refractivity contribution in [2.45, 2.75) is 44.1 Å². The van der Waals surface area contributed by atoms with Crippen LogP contribution in [-0.4, -0.2) is 149 Å². The summed E-state index contributed by atoms with van der Waals surface area (Å²) in [7, 11) is -101. The molecule has 1 rings (SSSR count). The summed E-state index contributed by atoms with van der Waals surface area (Å²) in [5, 5.41) is -15.9. The van der Waals surface area contributed by atoms with Crippen molar-refractivity contribution in [1.29, 1.82) is 0 Å². The van der Waals surface area contributed by atoms with Crippen LogP contribution in [-0.2, 0) is 112 Å². The highest BCUT2D eigenvalue weighted by atomic mass is 32.3. The molecule has 0 aliphatic heterocycles. The number of alkyl halides is 24. The summed E-state index contributed by atoms with van der Waals surface area (Å²) in [4.78, 5) is 0. The van der Waals surface area contributed by atoms with Crippen LogP contribution in [0.5, 0.6) is 0 Å². The number of hydrogen-bond donors (Lipinski definition) is 0. The second-order valence-electron chi connectivity index (χ2n) is 11.4. The molecule has 1 aromatic rings. The van der Waals surface area contributed by atoms with E-state index in [2.05, 4.69) is 31.0 Å². The van der Waals surface area contributed by atoms with E-state index in [1.54, 1.807) is 0 Å². The second-order valence-corrected chi connectivity index (χ2v) is 33.5. The third kappa shape index (κ3) is 16.1. The SMILES string of the molecule is O=S(=O)(O[SiH](OS(=O)(=O)C(F)(F)F)c1ccc([SiH](OS(=O)(=O)C(F)(F)F)OS(=O)(=O)C(F)(F)F)c([SiH](OS(=O)(=O)C(F)(F)F)OS(=O)(=O)C(F)(F)F)c1[SiH](OS(=O)(=O)C(F)(F)F)OS(=O)(=O)C(F)(F)F)C(F)(F)F. The first-order chi connectivity index (χ1) is 31.7. The molecule has 0 atom stereocenters. The molecule has 0 amide bonds. The number of hydrogen-bond acceptors (Lipinski definition) is 24. The highest BCUT2D eigenvalue weighted by Crippen LogP contribution is 2.34. The van der Waals surface area contributed by atoms with Crippen LogP contribution in [0.3, 0.4) is 0 Å². The van der Waals surface area contributed by atoms with E-state index in [0.29, 0.717) is 0 Å². The number of rotatable bonds is 20. The predicted molar refractivity (Wildman–Crippen MR) is 182 cm³/mol. The molecule has 60 heteroatoms. The summed E-state index contributed by atoms with van der Waals surface area (Å²) in [5.74, 6) is 0. The Morgan fingerprint density at radius 3 is 0.446 bits per heavy atom. The highest BCUT2D eigenvalue weighted by Gasteiger charge is 2.62. The van der Waals surface area contributed by atoms with Gasteiger partial charge in [0.2, 0.25) is 0 Å². The molecule has 0 saturated carbocycles.